The van der Waals surface area contributed by atoms with Crippen LogP contribution in [0.25, 0.3) is 0 Å². The number of ether oxygens (including phenoxy) is 2. The maximum absolute atomic E-state index is 12.5. The van der Waals surface area contributed by atoms with Gasteiger partial charge in [-0.3, -0.25) is 0 Å². The number of hydrogen-bond donors (Lipinski definition) is 2. The summed E-state index contributed by atoms with van der Waals surface area (Å²) in [6.07, 6.45) is 0.798. The SMILES string of the molecule is COc1cc(C)c(NC(=O)NCCC(c2ccccc2)c2ccccc2)cc1OC. The topological polar surface area (TPSA) is 59.6 Å². The van der Waals surface area contributed by atoms with E-state index in [1.165, 1.54) is 11.1 Å². The van der Waals surface area contributed by atoms with E-state index in [4.69, 9.17) is 9.47 Å². The van der Waals surface area contributed by atoms with Gasteiger partial charge in [-0.1, -0.05) is 60.7 Å². The Hall–Kier alpha value is -3.47. The fourth-order valence-electron chi connectivity index (χ4n) is 3.51. The van der Waals surface area contributed by atoms with E-state index in [2.05, 4.69) is 34.9 Å². The lowest BCUT2D eigenvalue weighted by Crippen LogP contribution is -2.30. The minimum absolute atomic E-state index is 0.218. The highest BCUT2D eigenvalue weighted by Crippen LogP contribution is 2.33. The molecule has 0 radical (unpaired) electrons. The second-order valence-electron chi connectivity index (χ2n) is 7.07. The summed E-state index contributed by atoms with van der Waals surface area (Å²) in [6.45, 7) is 2.46. The summed E-state index contributed by atoms with van der Waals surface area (Å²) in [5.74, 6) is 1.43. The van der Waals surface area contributed by atoms with Gasteiger partial charge in [-0.15, -0.1) is 0 Å². The number of benzene rings is 3. The van der Waals surface area contributed by atoms with Crippen molar-refractivity contribution in [3.63, 3.8) is 0 Å². The third kappa shape index (κ3) is 5.32. The van der Waals surface area contributed by atoms with Gasteiger partial charge in [-0.25, -0.2) is 4.79 Å². The van der Waals surface area contributed by atoms with Crippen molar-refractivity contribution in [2.24, 2.45) is 0 Å². The number of nitrogens with one attached hydrogen (secondary N) is 2. The lowest BCUT2D eigenvalue weighted by Gasteiger charge is -2.19. The van der Waals surface area contributed by atoms with Gasteiger partial charge in [0, 0.05) is 24.2 Å². The van der Waals surface area contributed by atoms with E-state index in [9.17, 15) is 4.79 Å². The summed E-state index contributed by atoms with van der Waals surface area (Å²) in [5.41, 5.74) is 4.06. The van der Waals surface area contributed by atoms with Gasteiger partial charge in [0.2, 0.25) is 0 Å². The minimum atomic E-state index is -0.245. The van der Waals surface area contributed by atoms with Crippen LogP contribution in [0.1, 0.15) is 29.0 Å². The lowest BCUT2D eigenvalue weighted by molar-refractivity contribution is 0.252. The van der Waals surface area contributed by atoms with Crippen LogP contribution >= 0.6 is 0 Å². The largest absolute Gasteiger partial charge is 0.493 e. The van der Waals surface area contributed by atoms with E-state index >= 15 is 0 Å². The first-order valence-electron chi connectivity index (χ1n) is 9.99. The highest BCUT2D eigenvalue weighted by Gasteiger charge is 2.15. The Morgan fingerprint density at radius 3 is 1.93 bits per heavy atom. The van der Waals surface area contributed by atoms with Gasteiger partial charge < -0.3 is 20.1 Å². The average molecular weight is 405 g/mol. The Bertz CT molecular complexity index is 919. The Balaban J connectivity index is 1.64. The molecule has 3 rings (SSSR count). The van der Waals surface area contributed by atoms with Crippen LogP contribution < -0.4 is 20.1 Å². The van der Waals surface area contributed by atoms with Gasteiger partial charge in [0.15, 0.2) is 11.5 Å². The molecule has 0 aliphatic rings. The summed E-state index contributed by atoms with van der Waals surface area (Å²) in [4.78, 5) is 12.5. The lowest BCUT2D eigenvalue weighted by atomic mass is 9.88. The summed E-state index contributed by atoms with van der Waals surface area (Å²) in [6, 6.07) is 24.1. The quantitative estimate of drug-likeness (QED) is 0.532. The molecule has 0 spiro atoms. The van der Waals surface area contributed by atoms with Crippen LogP contribution in [-0.2, 0) is 0 Å². The second-order valence-corrected chi connectivity index (χ2v) is 7.07. The number of aryl methyl sites for hydroxylation is 1. The van der Waals surface area contributed by atoms with Crippen LogP contribution in [0.3, 0.4) is 0 Å². The van der Waals surface area contributed by atoms with Crippen molar-refractivity contribution >= 4 is 11.7 Å². The van der Waals surface area contributed by atoms with E-state index < -0.39 is 0 Å². The van der Waals surface area contributed by atoms with Crippen LogP contribution in [0.2, 0.25) is 0 Å². The van der Waals surface area contributed by atoms with Gasteiger partial charge in [0.25, 0.3) is 0 Å². The monoisotopic (exact) mass is 404 g/mol. The Labute approximate surface area is 178 Å². The predicted octanol–water partition coefficient (Wildman–Crippen LogP) is 5.36. The number of urea groups is 1. The molecule has 2 amide bonds. The molecule has 0 fully saturated rings. The Morgan fingerprint density at radius 1 is 0.867 bits per heavy atom. The van der Waals surface area contributed by atoms with Gasteiger partial charge in [-0.2, -0.15) is 0 Å². The van der Waals surface area contributed by atoms with E-state index in [1.54, 1.807) is 20.3 Å². The third-order valence-corrected chi connectivity index (χ3v) is 5.10. The molecule has 3 aromatic rings. The normalized spacial score (nSPS) is 10.5. The standard InChI is InChI=1S/C25H28N2O3/c1-18-16-23(29-2)24(30-3)17-22(18)27-25(28)26-15-14-21(19-10-6-4-7-11-19)20-12-8-5-9-13-20/h4-13,16-17,21H,14-15H2,1-3H3,(H2,26,27,28). The number of rotatable bonds is 8. The number of methoxy groups -OCH3 is 2. The summed E-state index contributed by atoms with van der Waals surface area (Å²) >= 11 is 0. The first kappa shape index (κ1) is 21.2. The molecule has 0 saturated carbocycles. The molecule has 0 heterocycles. The molecule has 0 aromatic heterocycles. The fourth-order valence-corrected chi connectivity index (χ4v) is 3.51. The van der Waals surface area contributed by atoms with Gasteiger partial charge in [-0.05, 0) is 36.1 Å². The first-order chi connectivity index (χ1) is 14.6. The van der Waals surface area contributed by atoms with Crippen molar-refractivity contribution in [3.8, 4) is 11.5 Å². The third-order valence-electron chi connectivity index (χ3n) is 5.10. The van der Waals surface area contributed by atoms with Crippen molar-refractivity contribution in [2.75, 3.05) is 26.1 Å². The zero-order valence-corrected chi connectivity index (χ0v) is 17.6. The summed E-state index contributed by atoms with van der Waals surface area (Å²) < 4.78 is 10.6. The molecule has 0 unspecified atom stereocenters. The molecule has 156 valence electrons. The first-order valence-corrected chi connectivity index (χ1v) is 9.99. The van der Waals surface area contributed by atoms with Crippen LogP contribution in [0.15, 0.2) is 72.8 Å². The van der Waals surface area contributed by atoms with Crippen LogP contribution in [-0.4, -0.2) is 26.8 Å². The highest BCUT2D eigenvalue weighted by molar-refractivity contribution is 5.90. The van der Waals surface area contributed by atoms with E-state index in [0.717, 1.165) is 12.0 Å². The predicted molar refractivity (Wildman–Crippen MR) is 121 cm³/mol. The van der Waals surface area contributed by atoms with E-state index in [0.29, 0.717) is 23.7 Å². The van der Waals surface area contributed by atoms with Crippen molar-refractivity contribution < 1.29 is 14.3 Å². The van der Waals surface area contributed by atoms with Gasteiger partial charge >= 0.3 is 6.03 Å². The minimum Gasteiger partial charge on any atom is -0.493 e. The zero-order chi connectivity index (χ0) is 21.3. The maximum Gasteiger partial charge on any atom is 0.319 e. The van der Waals surface area contributed by atoms with Crippen molar-refractivity contribution in [2.45, 2.75) is 19.3 Å². The summed E-state index contributed by atoms with van der Waals surface area (Å²) in [5, 5.41) is 5.88. The molecule has 2 N–H and O–H groups in total. The van der Waals surface area contributed by atoms with Crippen molar-refractivity contribution in [1.29, 1.82) is 0 Å². The zero-order valence-electron chi connectivity index (χ0n) is 17.6. The van der Waals surface area contributed by atoms with Crippen LogP contribution in [0.5, 0.6) is 11.5 Å². The van der Waals surface area contributed by atoms with Gasteiger partial charge in [0.1, 0.15) is 0 Å². The Kier molecular flexibility index (Phi) is 7.33. The van der Waals surface area contributed by atoms with Crippen molar-refractivity contribution in [1.82, 2.24) is 5.32 Å². The number of anilines is 1. The van der Waals surface area contributed by atoms with Crippen LogP contribution in [0.4, 0.5) is 10.5 Å². The molecular formula is C25H28N2O3. The Morgan fingerprint density at radius 2 is 1.40 bits per heavy atom. The average Bonchev–Trinajstić information content (AvgIpc) is 2.79. The van der Waals surface area contributed by atoms with Crippen molar-refractivity contribution in [3.05, 3.63) is 89.5 Å². The molecule has 0 saturated heterocycles. The molecule has 30 heavy (non-hydrogen) atoms. The maximum atomic E-state index is 12.5. The molecule has 0 aliphatic heterocycles. The number of hydrogen-bond acceptors (Lipinski definition) is 3. The van der Waals surface area contributed by atoms with E-state index in [1.807, 2.05) is 49.4 Å². The molecule has 5 heteroatoms. The number of carbonyl (C=O) groups excluding carboxylic acids is 1. The van der Waals surface area contributed by atoms with Crippen LogP contribution in [0, 0.1) is 6.92 Å². The highest BCUT2D eigenvalue weighted by atomic mass is 16.5. The van der Waals surface area contributed by atoms with Gasteiger partial charge in [0.05, 0.1) is 14.2 Å². The number of amides is 2. The molecule has 0 aliphatic carbocycles. The molecule has 0 bridgehead atoms. The molecular weight excluding hydrogens is 376 g/mol. The van der Waals surface area contributed by atoms with E-state index in [-0.39, 0.29) is 11.9 Å². The molecule has 3 aromatic carbocycles. The smallest absolute Gasteiger partial charge is 0.319 e. The molecule has 5 nitrogen and oxygen atoms in total. The summed E-state index contributed by atoms with van der Waals surface area (Å²) in [7, 11) is 3.16. The fraction of sp³-hybridized carbons (Fsp3) is 0.240. The molecule has 0 atom stereocenters. The second kappa shape index (κ2) is 10.3. The number of carbonyl (C=O) groups is 1.